The maximum Gasteiger partial charge on any atom is 0.128 e. The number of nitrogens with one attached hydrogen (secondary N) is 2. The van der Waals surface area contributed by atoms with E-state index in [2.05, 4.69) is 10.6 Å². The predicted molar refractivity (Wildman–Crippen MR) is 93.2 cm³/mol. The SMILES string of the molecule is Cl.OC1CNCC1CNCc1ccc(-c2ccccc2)cc1F. The highest BCUT2D eigenvalue weighted by Crippen LogP contribution is 2.21. The first-order valence-corrected chi connectivity index (χ1v) is 7.67. The van der Waals surface area contributed by atoms with Gasteiger partial charge in [0.05, 0.1) is 6.10 Å². The molecule has 0 aliphatic carbocycles. The van der Waals surface area contributed by atoms with Crippen molar-refractivity contribution in [2.75, 3.05) is 19.6 Å². The first kappa shape index (κ1) is 17.9. The zero-order valence-corrected chi connectivity index (χ0v) is 13.7. The molecule has 3 N–H and O–H groups in total. The first-order chi connectivity index (χ1) is 10.7. The minimum absolute atomic E-state index is 0. The van der Waals surface area contributed by atoms with Gasteiger partial charge in [-0.25, -0.2) is 4.39 Å². The zero-order valence-electron chi connectivity index (χ0n) is 12.8. The Hall–Kier alpha value is -1.46. The molecule has 0 spiro atoms. The second-order valence-corrected chi connectivity index (χ2v) is 5.79. The average molecular weight is 337 g/mol. The summed E-state index contributed by atoms with van der Waals surface area (Å²) in [6, 6.07) is 15.1. The summed E-state index contributed by atoms with van der Waals surface area (Å²) in [5.41, 5.74) is 2.55. The van der Waals surface area contributed by atoms with Gasteiger partial charge in [-0.15, -0.1) is 12.4 Å². The minimum atomic E-state index is -0.308. The number of rotatable bonds is 5. The van der Waals surface area contributed by atoms with Crippen LogP contribution in [0.1, 0.15) is 5.56 Å². The lowest BCUT2D eigenvalue weighted by atomic mass is 10.0. The maximum atomic E-state index is 14.2. The summed E-state index contributed by atoms with van der Waals surface area (Å²) in [5, 5.41) is 16.1. The van der Waals surface area contributed by atoms with Gasteiger partial charge in [0.2, 0.25) is 0 Å². The van der Waals surface area contributed by atoms with Crippen molar-refractivity contribution in [2.45, 2.75) is 12.6 Å². The molecule has 0 saturated carbocycles. The molecular formula is C18H22ClFN2O. The Morgan fingerprint density at radius 2 is 1.87 bits per heavy atom. The standard InChI is InChI=1S/C18H21FN2O.ClH/c19-17-8-14(13-4-2-1-3-5-13)6-7-15(17)9-20-10-16-11-21-12-18(16)22;/h1-8,16,18,20-22H,9-12H2;1H. The fourth-order valence-corrected chi connectivity index (χ4v) is 2.82. The van der Waals surface area contributed by atoms with E-state index >= 15 is 0 Å². The molecule has 1 aliphatic rings. The van der Waals surface area contributed by atoms with E-state index in [1.165, 1.54) is 0 Å². The van der Waals surface area contributed by atoms with Gasteiger partial charge in [0.1, 0.15) is 5.82 Å². The number of β-amino-alcohol motifs (C(OH)–C–C–N with tert-alkyl or cyclic N) is 1. The summed E-state index contributed by atoms with van der Waals surface area (Å²) in [4.78, 5) is 0. The number of aliphatic hydroxyl groups excluding tert-OH is 1. The highest BCUT2D eigenvalue weighted by molar-refractivity contribution is 5.85. The molecule has 1 saturated heterocycles. The molecule has 1 heterocycles. The molecule has 0 amide bonds. The van der Waals surface area contributed by atoms with Crippen molar-refractivity contribution in [3.63, 3.8) is 0 Å². The molecule has 1 fully saturated rings. The maximum absolute atomic E-state index is 14.2. The van der Waals surface area contributed by atoms with Crippen LogP contribution in [0.5, 0.6) is 0 Å². The third-order valence-corrected chi connectivity index (χ3v) is 4.19. The Kier molecular flexibility index (Phi) is 6.54. The summed E-state index contributed by atoms with van der Waals surface area (Å²) >= 11 is 0. The third-order valence-electron chi connectivity index (χ3n) is 4.19. The second-order valence-electron chi connectivity index (χ2n) is 5.79. The fraction of sp³-hybridized carbons (Fsp3) is 0.333. The van der Waals surface area contributed by atoms with Crippen LogP contribution in [0.4, 0.5) is 4.39 Å². The summed E-state index contributed by atoms with van der Waals surface area (Å²) in [7, 11) is 0. The summed E-state index contributed by atoms with van der Waals surface area (Å²) < 4.78 is 14.2. The van der Waals surface area contributed by atoms with E-state index < -0.39 is 0 Å². The third kappa shape index (κ3) is 4.52. The van der Waals surface area contributed by atoms with E-state index in [4.69, 9.17) is 0 Å². The van der Waals surface area contributed by atoms with Gasteiger partial charge in [0, 0.05) is 37.7 Å². The minimum Gasteiger partial charge on any atom is -0.391 e. The van der Waals surface area contributed by atoms with Crippen molar-refractivity contribution in [2.24, 2.45) is 5.92 Å². The van der Waals surface area contributed by atoms with Crippen LogP contribution >= 0.6 is 12.4 Å². The van der Waals surface area contributed by atoms with Gasteiger partial charge in [-0.05, 0) is 17.2 Å². The van der Waals surface area contributed by atoms with Crippen LogP contribution < -0.4 is 10.6 Å². The lowest BCUT2D eigenvalue weighted by Gasteiger charge is -2.14. The van der Waals surface area contributed by atoms with Gasteiger partial charge in [-0.2, -0.15) is 0 Å². The molecule has 5 heteroatoms. The van der Waals surface area contributed by atoms with E-state index in [-0.39, 0.29) is 30.2 Å². The largest absolute Gasteiger partial charge is 0.391 e. The Labute approximate surface area is 142 Å². The first-order valence-electron chi connectivity index (χ1n) is 7.67. The summed E-state index contributed by atoms with van der Waals surface area (Å²) in [6.07, 6.45) is -0.308. The van der Waals surface area contributed by atoms with Gasteiger partial charge >= 0.3 is 0 Å². The normalized spacial score (nSPS) is 20.3. The number of benzene rings is 2. The van der Waals surface area contributed by atoms with Crippen LogP contribution in [0.25, 0.3) is 11.1 Å². The smallest absolute Gasteiger partial charge is 0.128 e. The molecule has 2 aromatic carbocycles. The molecule has 0 aromatic heterocycles. The molecule has 1 aliphatic heterocycles. The predicted octanol–water partition coefficient (Wildman–Crippen LogP) is 2.58. The lowest BCUT2D eigenvalue weighted by molar-refractivity contribution is 0.146. The molecule has 2 aromatic rings. The average Bonchev–Trinajstić information content (AvgIpc) is 2.95. The summed E-state index contributed by atoms with van der Waals surface area (Å²) in [5.74, 6) is 0.00519. The van der Waals surface area contributed by atoms with Crippen LogP contribution in [0.3, 0.4) is 0 Å². The van der Waals surface area contributed by atoms with E-state index in [0.29, 0.717) is 25.2 Å². The van der Waals surface area contributed by atoms with E-state index in [1.807, 2.05) is 42.5 Å². The van der Waals surface area contributed by atoms with E-state index in [1.54, 1.807) is 6.07 Å². The highest BCUT2D eigenvalue weighted by Gasteiger charge is 2.24. The molecule has 3 nitrogen and oxygen atoms in total. The van der Waals surface area contributed by atoms with Crippen molar-refractivity contribution in [1.82, 2.24) is 10.6 Å². The van der Waals surface area contributed by atoms with Crippen LogP contribution in [-0.2, 0) is 6.54 Å². The highest BCUT2D eigenvalue weighted by atomic mass is 35.5. The Morgan fingerprint density at radius 1 is 1.09 bits per heavy atom. The molecule has 3 rings (SSSR count). The second kappa shape index (κ2) is 8.41. The number of aliphatic hydroxyl groups is 1. The van der Waals surface area contributed by atoms with Crippen molar-refractivity contribution < 1.29 is 9.50 Å². The van der Waals surface area contributed by atoms with Crippen molar-refractivity contribution in [3.05, 3.63) is 59.9 Å². The molecule has 0 bridgehead atoms. The van der Waals surface area contributed by atoms with Crippen LogP contribution in [-0.4, -0.2) is 30.8 Å². The topological polar surface area (TPSA) is 44.3 Å². The number of halogens is 2. The fourth-order valence-electron chi connectivity index (χ4n) is 2.82. The monoisotopic (exact) mass is 336 g/mol. The molecule has 23 heavy (non-hydrogen) atoms. The zero-order chi connectivity index (χ0) is 15.4. The van der Waals surface area contributed by atoms with Gasteiger partial charge in [-0.3, -0.25) is 0 Å². The lowest BCUT2D eigenvalue weighted by Crippen LogP contribution is -2.30. The molecule has 124 valence electrons. The van der Waals surface area contributed by atoms with Gasteiger partial charge in [-0.1, -0.05) is 42.5 Å². The van der Waals surface area contributed by atoms with E-state index in [9.17, 15) is 9.50 Å². The van der Waals surface area contributed by atoms with Gasteiger partial charge < -0.3 is 15.7 Å². The van der Waals surface area contributed by atoms with Crippen molar-refractivity contribution >= 4 is 12.4 Å². The van der Waals surface area contributed by atoms with Crippen LogP contribution in [0.2, 0.25) is 0 Å². The van der Waals surface area contributed by atoms with E-state index in [0.717, 1.165) is 17.7 Å². The molecule has 0 radical (unpaired) electrons. The quantitative estimate of drug-likeness (QED) is 0.786. The molecular weight excluding hydrogens is 315 g/mol. The Bertz CT molecular complexity index is 624. The number of hydrogen-bond acceptors (Lipinski definition) is 3. The number of hydrogen-bond donors (Lipinski definition) is 3. The van der Waals surface area contributed by atoms with Crippen LogP contribution in [0, 0.1) is 11.7 Å². The van der Waals surface area contributed by atoms with Crippen molar-refractivity contribution in [3.8, 4) is 11.1 Å². The summed E-state index contributed by atoms with van der Waals surface area (Å²) in [6.45, 7) is 2.62. The van der Waals surface area contributed by atoms with Crippen LogP contribution in [0.15, 0.2) is 48.5 Å². The van der Waals surface area contributed by atoms with Crippen molar-refractivity contribution in [1.29, 1.82) is 0 Å². The molecule has 2 unspecified atom stereocenters. The molecule has 2 atom stereocenters. The Balaban J connectivity index is 0.00000192. The Morgan fingerprint density at radius 3 is 2.52 bits per heavy atom. The van der Waals surface area contributed by atoms with Gasteiger partial charge in [0.25, 0.3) is 0 Å². The van der Waals surface area contributed by atoms with Gasteiger partial charge in [0.15, 0.2) is 0 Å².